The fraction of sp³-hybridized carbons (Fsp3) is 0.455. The van der Waals surface area contributed by atoms with Crippen LogP contribution in [0, 0.1) is 11.6 Å². The molecule has 1 aromatic carbocycles. The van der Waals surface area contributed by atoms with E-state index in [1.165, 1.54) is 0 Å². The molecule has 0 fully saturated rings. The van der Waals surface area contributed by atoms with Crippen LogP contribution in [-0.4, -0.2) is 24.9 Å². The Labute approximate surface area is 111 Å². The van der Waals surface area contributed by atoms with Gasteiger partial charge in [-0.05, 0) is 36.5 Å². The summed E-state index contributed by atoms with van der Waals surface area (Å²) < 4.78 is 67.1. The van der Waals surface area contributed by atoms with Crippen LogP contribution >= 0.6 is 11.8 Å². The van der Waals surface area contributed by atoms with E-state index in [-0.39, 0.29) is 18.3 Å². The number of thioether (sulfide) groups is 1. The zero-order valence-electron chi connectivity index (χ0n) is 9.98. The lowest BCUT2D eigenvalue weighted by Crippen LogP contribution is -2.10. The van der Waals surface area contributed by atoms with E-state index in [1.54, 1.807) is 7.05 Å². The second-order valence-corrected chi connectivity index (χ2v) is 4.72. The number of benzene rings is 1. The number of ether oxygens (including phenoxy) is 1. The molecular formula is C11H12F5NOS. The average molecular weight is 301 g/mol. The smallest absolute Gasteiger partial charge is 0.441 e. The summed E-state index contributed by atoms with van der Waals surface area (Å²) in [6.07, 6.45) is 0. The first kappa shape index (κ1) is 16.0. The van der Waals surface area contributed by atoms with Crippen molar-refractivity contribution in [3.05, 3.63) is 29.3 Å². The van der Waals surface area contributed by atoms with Crippen molar-refractivity contribution < 1.29 is 26.7 Å². The van der Waals surface area contributed by atoms with E-state index in [0.717, 1.165) is 12.1 Å². The number of hydrogen-bond donors (Lipinski definition) is 1. The highest BCUT2D eigenvalue weighted by Gasteiger charge is 2.27. The van der Waals surface area contributed by atoms with Gasteiger partial charge in [0.1, 0.15) is 0 Å². The SMILES string of the molecule is CNCc1cc(F)c(OCCSC(F)(F)F)c(F)c1. The number of halogens is 5. The molecule has 0 amide bonds. The van der Waals surface area contributed by atoms with Crippen molar-refractivity contribution in [1.82, 2.24) is 5.32 Å². The van der Waals surface area contributed by atoms with Gasteiger partial charge in [0.05, 0.1) is 6.61 Å². The Kier molecular flexibility index (Phi) is 5.86. The molecule has 0 aliphatic heterocycles. The van der Waals surface area contributed by atoms with Crippen molar-refractivity contribution in [2.75, 3.05) is 19.4 Å². The zero-order chi connectivity index (χ0) is 14.5. The second-order valence-electron chi connectivity index (χ2n) is 3.56. The molecule has 1 rings (SSSR count). The van der Waals surface area contributed by atoms with E-state index in [9.17, 15) is 22.0 Å². The van der Waals surface area contributed by atoms with Gasteiger partial charge in [0.15, 0.2) is 17.4 Å². The van der Waals surface area contributed by atoms with Gasteiger partial charge in [0, 0.05) is 12.3 Å². The summed E-state index contributed by atoms with van der Waals surface area (Å²) in [4.78, 5) is 0. The van der Waals surface area contributed by atoms with Gasteiger partial charge in [0.2, 0.25) is 0 Å². The molecule has 0 radical (unpaired) electrons. The highest BCUT2D eigenvalue weighted by molar-refractivity contribution is 8.00. The summed E-state index contributed by atoms with van der Waals surface area (Å²) in [5.74, 6) is -2.94. The van der Waals surface area contributed by atoms with Crippen LogP contribution in [0.15, 0.2) is 12.1 Å². The maximum atomic E-state index is 13.5. The maximum Gasteiger partial charge on any atom is 0.441 e. The van der Waals surface area contributed by atoms with Crippen molar-refractivity contribution in [2.45, 2.75) is 12.1 Å². The summed E-state index contributed by atoms with van der Waals surface area (Å²) in [5, 5.41) is 2.72. The Morgan fingerprint density at radius 3 is 2.26 bits per heavy atom. The van der Waals surface area contributed by atoms with Crippen LogP contribution in [0.1, 0.15) is 5.56 Å². The topological polar surface area (TPSA) is 21.3 Å². The number of hydrogen-bond acceptors (Lipinski definition) is 3. The normalized spacial score (nSPS) is 11.7. The monoisotopic (exact) mass is 301 g/mol. The van der Waals surface area contributed by atoms with E-state index < -0.39 is 35.3 Å². The molecule has 0 spiro atoms. The fourth-order valence-corrected chi connectivity index (χ4v) is 1.76. The zero-order valence-corrected chi connectivity index (χ0v) is 10.8. The Morgan fingerprint density at radius 2 is 1.79 bits per heavy atom. The van der Waals surface area contributed by atoms with Gasteiger partial charge in [-0.25, -0.2) is 8.78 Å². The van der Waals surface area contributed by atoms with Crippen molar-refractivity contribution in [3.8, 4) is 5.75 Å². The summed E-state index contributed by atoms with van der Waals surface area (Å²) in [6.45, 7) is -0.151. The minimum atomic E-state index is -4.38. The molecule has 0 aromatic heterocycles. The first-order valence-corrected chi connectivity index (χ1v) is 6.28. The van der Waals surface area contributed by atoms with Crippen LogP contribution in [0.4, 0.5) is 22.0 Å². The third-order valence-corrected chi connectivity index (χ3v) is 2.73. The molecule has 0 aliphatic carbocycles. The first-order valence-electron chi connectivity index (χ1n) is 5.29. The van der Waals surface area contributed by atoms with Crippen LogP contribution in [0.25, 0.3) is 0 Å². The van der Waals surface area contributed by atoms with Crippen LogP contribution in [-0.2, 0) is 6.54 Å². The van der Waals surface area contributed by atoms with Crippen LogP contribution in [0.5, 0.6) is 5.75 Å². The van der Waals surface area contributed by atoms with E-state index in [2.05, 4.69) is 5.32 Å². The van der Waals surface area contributed by atoms with Gasteiger partial charge in [0.25, 0.3) is 0 Å². The van der Waals surface area contributed by atoms with E-state index >= 15 is 0 Å². The quantitative estimate of drug-likeness (QED) is 0.643. The third kappa shape index (κ3) is 5.65. The predicted molar refractivity (Wildman–Crippen MR) is 63.1 cm³/mol. The van der Waals surface area contributed by atoms with Crippen molar-refractivity contribution in [2.24, 2.45) is 0 Å². The molecule has 2 nitrogen and oxygen atoms in total. The third-order valence-electron chi connectivity index (χ3n) is 2.03. The molecule has 0 bridgehead atoms. The lowest BCUT2D eigenvalue weighted by molar-refractivity contribution is -0.0329. The van der Waals surface area contributed by atoms with Gasteiger partial charge in [-0.2, -0.15) is 13.2 Å². The van der Waals surface area contributed by atoms with E-state index in [1.807, 2.05) is 0 Å². The molecule has 1 N–H and O–H groups in total. The van der Waals surface area contributed by atoms with Crippen LogP contribution in [0.2, 0.25) is 0 Å². The molecule has 0 unspecified atom stereocenters. The molecule has 0 heterocycles. The maximum absolute atomic E-state index is 13.5. The molecular weight excluding hydrogens is 289 g/mol. The molecule has 1 aromatic rings. The first-order chi connectivity index (χ1) is 8.83. The largest absolute Gasteiger partial charge is 0.487 e. The predicted octanol–water partition coefficient (Wildman–Crippen LogP) is 3.32. The second kappa shape index (κ2) is 6.95. The summed E-state index contributed by atoms with van der Waals surface area (Å²) in [5.41, 5.74) is -3.99. The Bertz CT molecular complexity index is 401. The van der Waals surface area contributed by atoms with Crippen molar-refractivity contribution >= 4 is 11.8 Å². The van der Waals surface area contributed by atoms with Crippen LogP contribution < -0.4 is 10.1 Å². The summed E-state index contributed by atoms with van der Waals surface area (Å²) in [7, 11) is 1.62. The van der Waals surface area contributed by atoms with E-state index in [4.69, 9.17) is 4.74 Å². The molecule has 0 aliphatic rings. The molecule has 8 heteroatoms. The fourth-order valence-electron chi connectivity index (χ4n) is 1.36. The lowest BCUT2D eigenvalue weighted by Gasteiger charge is -2.10. The Balaban J connectivity index is 2.59. The number of rotatable bonds is 6. The van der Waals surface area contributed by atoms with Gasteiger partial charge < -0.3 is 10.1 Å². The standard InChI is InChI=1S/C11H12F5NOS/c1-17-6-7-4-8(12)10(9(13)5-7)18-2-3-19-11(14,15)16/h4-5,17H,2-3,6H2,1H3. The molecule has 108 valence electrons. The minimum absolute atomic E-state index is 0.276. The number of nitrogens with one attached hydrogen (secondary N) is 1. The average Bonchev–Trinajstić information content (AvgIpc) is 2.26. The summed E-state index contributed by atoms with van der Waals surface area (Å²) in [6, 6.07) is 2.15. The molecule has 0 saturated heterocycles. The Hall–Kier alpha value is -1.02. The van der Waals surface area contributed by atoms with Gasteiger partial charge in [-0.15, -0.1) is 0 Å². The van der Waals surface area contributed by atoms with Crippen molar-refractivity contribution in [1.29, 1.82) is 0 Å². The minimum Gasteiger partial charge on any atom is -0.487 e. The molecule has 19 heavy (non-hydrogen) atoms. The molecule has 0 atom stereocenters. The Morgan fingerprint density at radius 1 is 1.21 bits per heavy atom. The summed E-state index contributed by atoms with van der Waals surface area (Å²) >= 11 is -0.304. The highest BCUT2D eigenvalue weighted by Crippen LogP contribution is 2.30. The number of alkyl halides is 3. The lowest BCUT2D eigenvalue weighted by atomic mass is 10.2. The van der Waals surface area contributed by atoms with Gasteiger partial charge in [-0.3, -0.25) is 0 Å². The highest BCUT2D eigenvalue weighted by atomic mass is 32.2. The van der Waals surface area contributed by atoms with Crippen LogP contribution in [0.3, 0.4) is 0 Å². The molecule has 0 saturated carbocycles. The van der Waals surface area contributed by atoms with Crippen molar-refractivity contribution in [3.63, 3.8) is 0 Å². The van der Waals surface area contributed by atoms with E-state index in [0.29, 0.717) is 5.56 Å². The van der Waals surface area contributed by atoms with Gasteiger partial charge >= 0.3 is 5.51 Å². The van der Waals surface area contributed by atoms with Gasteiger partial charge in [-0.1, -0.05) is 0 Å².